The van der Waals surface area contributed by atoms with Gasteiger partial charge in [-0.2, -0.15) is 0 Å². The first-order valence-corrected chi connectivity index (χ1v) is 5.02. The minimum absolute atomic E-state index is 1.20. The minimum Gasteiger partial charge on any atom is -0.0984 e. The van der Waals surface area contributed by atoms with Gasteiger partial charge < -0.3 is 0 Å². The van der Waals surface area contributed by atoms with Crippen LogP contribution in [0, 0.1) is 0 Å². The van der Waals surface area contributed by atoms with Gasteiger partial charge in [-0.25, -0.2) is 0 Å². The molecule has 0 fully saturated rings. The first kappa shape index (κ1) is 10.5. The van der Waals surface area contributed by atoms with E-state index in [1.54, 1.807) is 0 Å². The summed E-state index contributed by atoms with van der Waals surface area (Å²) >= 11 is 0. The second-order valence-electron chi connectivity index (χ2n) is 2.77. The summed E-state index contributed by atoms with van der Waals surface area (Å²) < 4.78 is 0. The highest BCUT2D eigenvalue weighted by atomic mass is 14.0. The third-order valence-electron chi connectivity index (χ3n) is 2.04. The topological polar surface area (TPSA) is 0 Å². The molecule has 0 heterocycles. The Morgan fingerprint density at radius 3 is 2.29 bits per heavy atom. The molecule has 2 rings (SSSR count). The zero-order valence-corrected chi connectivity index (χ0v) is 8.83. The first-order valence-electron chi connectivity index (χ1n) is 5.02. The average Bonchev–Trinajstić information content (AvgIpc) is 2.31. The normalized spacial score (nSPS) is 9.00. The Labute approximate surface area is 85.9 Å². The minimum atomic E-state index is 1.20. The Morgan fingerprint density at radius 2 is 1.57 bits per heavy atom. The first-order chi connectivity index (χ1) is 6.92. The van der Waals surface area contributed by atoms with Crippen molar-refractivity contribution in [2.75, 3.05) is 0 Å². The quantitative estimate of drug-likeness (QED) is 0.611. The molecule has 0 amide bonds. The van der Waals surface area contributed by atoms with E-state index in [4.69, 9.17) is 0 Å². The predicted octanol–water partition coefficient (Wildman–Crippen LogP) is 4.51. The molecular formula is C14H16. The maximum absolute atomic E-state index is 3.78. The molecule has 0 bridgehead atoms. The Bertz CT molecular complexity index is 408. The fraction of sp³-hybridized carbons (Fsp3) is 0.143. The summed E-state index contributed by atoms with van der Waals surface area (Å²) in [5.41, 5.74) is 1.20. The second kappa shape index (κ2) is 5.23. The van der Waals surface area contributed by atoms with Crippen molar-refractivity contribution in [3.05, 3.63) is 54.6 Å². The average molecular weight is 184 g/mol. The molecule has 0 aliphatic heterocycles. The van der Waals surface area contributed by atoms with Crippen LogP contribution in [0.1, 0.15) is 19.4 Å². The largest absolute Gasteiger partial charge is 0.0984 e. The predicted molar refractivity (Wildman–Crippen MR) is 65.4 cm³/mol. The van der Waals surface area contributed by atoms with E-state index in [1.807, 2.05) is 19.9 Å². The Balaban J connectivity index is 0.000000461. The molecule has 0 saturated carbocycles. The molecular weight excluding hydrogens is 168 g/mol. The van der Waals surface area contributed by atoms with E-state index in [2.05, 4.69) is 49.0 Å². The van der Waals surface area contributed by atoms with Crippen molar-refractivity contribution < 1.29 is 0 Å². The van der Waals surface area contributed by atoms with Gasteiger partial charge in [-0.3, -0.25) is 0 Å². The maximum Gasteiger partial charge on any atom is -0.0112 e. The number of rotatable bonds is 1. The monoisotopic (exact) mass is 184 g/mol. The van der Waals surface area contributed by atoms with E-state index in [9.17, 15) is 0 Å². The Morgan fingerprint density at radius 1 is 0.929 bits per heavy atom. The molecule has 0 heteroatoms. The van der Waals surface area contributed by atoms with Crippen molar-refractivity contribution in [3.63, 3.8) is 0 Å². The van der Waals surface area contributed by atoms with Crippen LogP contribution in [0.3, 0.4) is 0 Å². The van der Waals surface area contributed by atoms with E-state index < -0.39 is 0 Å². The van der Waals surface area contributed by atoms with E-state index in [0.29, 0.717) is 0 Å². The van der Waals surface area contributed by atoms with Crippen molar-refractivity contribution >= 4 is 16.8 Å². The highest BCUT2D eigenvalue weighted by Gasteiger charge is 1.93. The molecule has 0 aliphatic rings. The lowest BCUT2D eigenvalue weighted by Crippen LogP contribution is -1.75. The Hall–Kier alpha value is -1.56. The van der Waals surface area contributed by atoms with Crippen LogP contribution in [0.4, 0.5) is 0 Å². The fourth-order valence-corrected chi connectivity index (χ4v) is 1.43. The van der Waals surface area contributed by atoms with Crippen molar-refractivity contribution in [2.24, 2.45) is 0 Å². The van der Waals surface area contributed by atoms with Crippen molar-refractivity contribution in [2.45, 2.75) is 13.8 Å². The molecule has 0 unspecified atom stereocenters. The van der Waals surface area contributed by atoms with Gasteiger partial charge in [-0.15, -0.1) is 0 Å². The van der Waals surface area contributed by atoms with Gasteiger partial charge in [0, 0.05) is 0 Å². The molecule has 0 radical (unpaired) electrons. The second-order valence-corrected chi connectivity index (χ2v) is 2.77. The molecule has 72 valence electrons. The zero-order valence-electron chi connectivity index (χ0n) is 8.83. The van der Waals surface area contributed by atoms with Gasteiger partial charge in [0.2, 0.25) is 0 Å². The van der Waals surface area contributed by atoms with Crippen molar-refractivity contribution in [1.82, 2.24) is 0 Å². The lowest BCUT2D eigenvalue weighted by atomic mass is 10.1. The van der Waals surface area contributed by atoms with Gasteiger partial charge in [0.25, 0.3) is 0 Å². The number of benzene rings is 2. The molecule has 2 aromatic carbocycles. The van der Waals surface area contributed by atoms with E-state index in [0.717, 1.165) is 0 Å². The van der Waals surface area contributed by atoms with Crippen molar-refractivity contribution in [1.29, 1.82) is 0 Å². The van der Waals surface area contributed by atoms with E-state index in [1.165, 1.54) is 16.3 Å². The lowest BCUT2D eigenvalue weighted by molar-refractivity contribution is 1.50. The summed E-state index contributed by atoms with van der Waals surface area (Å²) in [6.07, 6.45) is 1.89. The van der Waals surface area contributed by atoms with Crippen LogP contribution in [0.15, 0.2) is 49.0 Å². The summed E-state index contributed by atoms with van der Waals surface area (Å²) in [5.74, 6) is 0. The van der Waals surface area contributed by atoms with E-state index in [-0.39, 0.29) is 0 Å². The zero-order chi connectivity index (χ0) is 10.4. The van der Waals surface area contributed by atoms with Crippen LogP contribution in [0.2, 0.25) is 0 Å². The van der Waals surface area contributed by atoms with Gasteiger partial charge in [0.05, 0.1) is 0 Å². The summed E-state index contributed by atoms with van der Waals surface area (Å²) in [4.78, 5) is 0. The van der Waals surface area contributed by atoms with Gasteiger partial charge in [-0.05, 0) is 16.3 Å². The van der Waals surface area contributed by atoms with Crippen LogP contribution in [0.5, 0.6) is 0 Å². The number of hydrogen-bond acceptors (Lipinski definition) is 0. The van der Waals surface area contributed by atoms with Crippen LogP contribution < -0.4 is 0 Å². The Kier molecular flexibility index (Phi) is 3.93. The maximum atomic E-state index is 3.78. The number of fused-ring (bicyclic) bond motifs is 1. The van der Waals surface area contributed by atoms with Crippen LogP contribution in [0.25, 0.3) is 16.8 Å². The fourth-order valence-electron chi connectivity index (χ4n) is 1.43. The molecule has 0 aliphatic carbocycles. The van der Waals surface area contributed by atoms with Gasteiger partial charge in [0.15, 0.2) is 0 Å². The summed E-state index contributed by atoms with van der Waals surface area (Å²) in [6, 6.07) is 14.6. The standard InChI is InChI=1S/C12H10.C2H6/c1-2-10-7-5-8-11-6-3-4-9-12(10)11;1-2/h2-9H,1H2;1-2H3. The van der Waals surface area contributed by atoms with Gasteiger partial charge in [0.1, 0.15) is 0 Å². The van der Waals surface area contributed by atoms with Crippen LogP contribution >= 0.6 is 0 Å². The van der Waals surface area contributed by atoms with Gasteiger partial charge >= 0.3 is 0 Å². The van der Waals surface area contributed by atoms with Gasteiger partial charge in [-0.1, -0.05) is 69.0 Å². The smallest absolute Gasteiger partial charge is 0.0112 e. The molecule has 0 saturated heterocycles. The van der Waals surface area contributed by atoms with Crippen LogP contribution in [-0.4, -0.2) is 0 Å². The molecule has 0 aromatic heterocycles. The molecule has 0 spiro atoms. The third kappa shape index (κ3) is 2.02. The molecule has 0 N–H and O–H groups in total. The summed E-state index contributed by atoms with van der Waals surface area (Å²) in [5, 5.41) is 2.55. The highest BCUT2D eigenvalue weighted by Crippen LogP contribution is 2.18. The lowest BCUT2D eigenvalue weighted by Gasteiger charge is -1.99. The summed E-state index contributed by atoms with van der Waals surface area (Å²) in [6.45, 7) is 7.78. The summed E-state index contributed by atoms with van der Waals surface area (Å²) in [7, 11) is 0. The van der Waals surface area contributed by atoms with Crippen molar-refractivity contribution in [3.8, 4) is 0 Å². The SMILES string of the molecule is C=Cc1cccc2ccccc12.CC. The molecule has 14 heavy (non-hydrogen) atoms. The van der Waals surface area contributed by atoms with E-state index >= 15 is 0 Å². The third-order valence-corrected chi connectivity index (χ3v) is 2.04. The molecule has 0 atom stereocenters. The number of hydrogen-bond donors (Lipinski definition) is 0. The highest BCUT2D eigenvalue weighted by molar-refractivity contribution is 5.90. The van der Waals surface area contributed by atoms with Crippen LogP contribution in [-0.2, 0) is 0 Å². The molecule has 2 aromatic rings. The molecule has 0 nitrogen and oxygen atoms in total.